The van der Waals surface area contributed by atoms with Gasteiger partial charge in [0.2, 0.25) is 0 Å². The Morgan fingerprint density at radius 1 is 1.14 bits per heavy atom. The molecule has 150 valence electrons. The molecule has 0 spiro atoms. The molecule has 1 fully saturated rings. The van der Waals surface area contributed by atoms with Gasteiger partial charge in [0.05, 0.1) is 46.7 Å². The molecular weight excluding hydrogens is 362 g/mol. The molecule has 1 saturated heterocycles. The molecule has 0 saturated carbocycles. The van der Waals surface area contributed by atoms with Crippen LogP contribution in [0.5, 0.6) is 11.5 Å². The van der Waals surface area contributed by atoms with Crippen molar-refractivity contribution in [1.82, 2.24) is 4.90 Å². The lowest BCUT2D eigenvalue weighted by molar-refractivity contribution is -0.917. The van der Waals surface area contributed by atoms with Gasteiger partial charge < -0.3 is 29.0 Å². The maximum Gasteiger partial charge on any atom is 0.289 e. The molecule has 0 radical (unpaired) electrons. The minimum absolute atomic E-state index is 0.0759. The fourth-order valence-electron chi connectivity index (χ4n) is 3.34. The number of carbonyl (C=O) groups is 2. The van der Waals surface area contributed by atoms with E-state index < -0.39 is 0 Å². The number of piperazine rings is 1. The van der Waals surface area contributed by atoms with Crippen molar-refractivity contribution in [2.75, 3.05) is 45.7 Å². The van der Waals surface area contributed by atoms with Crippen LogP contribution in [-0.2, 0) is 4.79 Å². The summed E-state index contributed by atoms with van der Waals surface area (Å²) in [4.78, 5) is 27.9. The Labute approximate surface area is 164 Å². The maximum atomic E-state index is 12.7. The number of quaternary nitrogens is 1. The van der Waals surface area contributed by atoms with Crippen molar-refractivity contribution in [2.24, 2.45) is 0 Å². The zero-order valence-electron chi connectivity index (χ0n) is 16.4. The number of hydrogen-bond acceptors (Lipinski definition) is 5. The molecule has 2 amide bonds. The summed E-state index contributed by atoms with van der Waals surface area (Å²) < 4.78 is 15.7. The molecule has 3 rings (SSSR count). The molecular formula is C20H26N3O5+. The first-order valence-corrected chi connectivity index (χ1v) is 9.23. The number of carbonyl (C=O) groups excluding carboxylic acids is 2. The molecule has 28 heavy (non-hydrogen) atoms. The Morgan fingerprint density at radius 3 is 2.46 bits per heavy atom. The highest BCUT2D eigenvalue weighted by molar-refractivity contribution is 5.94. The molecule has 2 heterocycles. The highest BCUT2D eigenvalue weighted by Crippen LogP contribution is 2.29. The van der Waals surface area contributed by atoms with E-state index in [4.69, 9.17) is 13.9 Å². The number of anilines is 1. The zero-order valence-corrected chi connectivity index (χ0v) is 16.4. The number of ether oxygens (including phenoxy) is 2. The van der Waals surface area contributed by atoms with Crippen LogP contribution in [0.4, 0.5) is 5.69 Å². The standard InChI is InChI=1S/C20H25N3O5/c1-14(19(24)21-15-6-7-16(26-2)18(13-15)27-3)22-8-10-23(11-9-22)20(25)17-5-4-12-28-17/h4-7,12-14H,8-11H2,1-3H3,(H,21,24)/p+1/t14-/m0/s1. The molecule has 0 aliphatic carbocycles. The molecule has 2 aromatic rings. The van der Waals surface area contributed by atoms with Crippen LogP contribution in [0.1, 0.15) is 17.5 Å². The van der Waals surface area contributed by atoms with Gasteiger partial charge in [-0.15, -0.1) is 0 Å². The van der Waals surface area contributed by atoms with Gasteiger partial charge in [-0.1, -0.05) is 0 Å². The van der Waals surface area contributed by atoms with E-state index in [0.29, 0.717) is 49.1 Å². The average molecular weight is 388 g/mol. The second kappa shape index (κ2) is 8.79. The third kappa shape index (κ3) is 4.28. The fourth-order valence-corrected chi connectivity index (χ4v) is 3.34. The quantitative estimate of drug-likeness (QED) is 0.760. The van der Waals surface area contributed by atoms with Gasteiger partial charge in [-0.05, 0) is 31.2 Å². The first-order valence-electron chi connectivity index (χ1n) is 9.23. The highest BCUT2D eigenvalue weighted by atomic mass is 16.5. The largest absolute Gasteiger partial charge is 0.493 e. The van der Waals surface area contributed by atoms with Crippen LogP contribution < -0.4 is 19.7 Å². The summed E-state index contributed by atoms with van der Waals surface area (Å²) in [6.07, 6.45) is 1.50. The van der Waals surface area contributed by atoms with Crippen LogP contribution in [0.3, 0.4) is 0 Å². The molecule has 1 atom stereocenters. The minimum atomic E-state index is -0.242. The number of nitrogens with zero attached hydrogens (tertiary/aromatic N) is 1. The molecule has 0 bridgehead atoms. The van der Waals surface area contributed by atoms with Gasteiger partial charge in [0.15, 0.2) is 23.3 Å². The lowest BCUT2D eigenvalue weighted by Gasteiger charge is -2.34. The topological polar surface area (TPSA) is 85.5 Å². The Kier molecular flexibility index (Phi) is 6.20. The van der Waals surface area contributed by atoms with Crippen molar-refractivity contribution < 1.29 is 28.4 Å². The van der Waals surface area contributed by atoms with Gasteiger partial charge in [0, 0.05) is 11.8 Å². The monoisotopic (exact) mass is 388 g/mol. The fraction of sp³-hybridized carbons (Fsp3) is 0.400. The van der Waals surface area contributed by atoms with E-state index in [-0.39, 0.29) is 17.9 Å². The van der Waals surface area contributed by atoms with Crippen LogP contribution in [0.15, 0.2) is 41.0 Å². The van der Waals surface area contributed by atoms with Crippen LogP contribution >= 0.6 is 0 Å². The Morgan fingerprint density at radius 2 is 1.86 bits per heavy atom. The summed E-state index contributed by atoms with van der Waals surface area (Å²) in [5, 5.41) is 2.93. The van der Waals surface area contributed by atoms with Crippen molar-refractivity contribution in [2.45, 2.75) is 13.0 Å². The first kappa shape index (κ1) is 19.8. The van der Waals surface area contributed by atoms with Crippen LogP contribution in [0.2, 0.25) is 0 Å². The average Bonchev–Trinajstić information content (AvgIpc) is 3.27. The van der Waals surface area contributed by atoms with Gasteiger partial charge in [-0.2, -0.15) is 0 Å². The second-order valence-corrected chi connectivity index (χ2v) is 6.71. The lowest BCUT2D eigenvalue weighted by Crippen LogP contribution is -3.19. The van der Waals surface area contributed by atoms with E-state index in [2.05, 4.69) is 5.32 Å². The van der Waals surface area contributed by atoms with Gasteiger partial charge in [0.25, 0.3) is 11.8 Å². The van der Waals surface area contributed by atoms with E-state index in [1.807, 2.05) is 6.92 Å². The summed E-state index contributed by atoms with van der Waals surface area (Å²) in [7, 11) is 3.12. The summed E-state index contributed by atoms with van der Waals surface area (Å²) in [5.74, 6) is 1.34. The molecule has 1 aliphatic heterocycles. The number of hydrogen-bond donors (Lipinski definition) is 2. The molecule has 8 heteroatoms. The predicted molar refractivity (Wildman–Crippen MR) is 103 cm³/mol. The molecule has 8 nitrogen and oxygen atoms in total. The van der Waals surface area contributed by atoms with Crippen LogP contribution in [-0.4, -0.2) is 63.2 Å². The Hall–Kier alpha value is -3.00. The molecule has 1 aliphatic rings. The highest BCUT2D eigenvalue weighted by Gasteiger charge is 2.31. The van der Waals surface area contributed by atoms with Crippen molar-refractivity contribution in [3.63, 3.8) is 0 Å². The third-order valence-corrected chi connectivity index (χ3v) is 5.08. The zero-order chi connectivity index (χ0) is 20.1. The molecule has 1 aromatic heterocycles. The number of furan rings is 1. The predicted octanol–water partition coefficient (Wildman–Crippen LogP) is 0.665. The molecule has 2 N–H and O–H groups in total. The SMILES string of the molecule is COc1ccc(NC(=O)[C@H](C)[NH+]2CCN(C(=O)c3ccco3)CC2)cc1OC. The maximum absolute atomic E-state index is 12.7. The van der Waals surface area contributed by atoms with Crippen molar-refractivity contribution in [3.05, 3.63) is 42.4 Å². The number of benzene rings is 1. The van der Waals surface area contributed by atoms with Gasteiger partial charge >= 0.3 is 0 Å². The van der Waals surface area contributed by atoms with Gasteiger partial charge in [-0.3, -0.25) is 9.59 Å². The number of amides is 2. The van der Waals surface area contributed by atoms with E-state index >= 15 is 0 Å². The lowest BCUT2D eigenvalue weighted by atomic mass is 10.2. The molecule has 0 unspecified atom stereocenters. The van der Waals surface area contributed by atoms with Crippen molar-refractivity contribution >= 4 is 17.5 Å². The first-order chi connectivity index (χ1) is 13.5. The number of rotatable bonds is 6. The summed E-state index contributed by atoms with van der Waals surface area (Å²) in [5.41, 5.74) is 0.653. The van der Waals surface area contributed by atoms with Crippen molar-refractivity contribution in [1.29, 1.82) is 0 Å². The van der Waals surface area contributed by atoms with E-state index in [1.54, 1.807) is 49.5 Å². The van der Waals surface area contributed by atoms with E-state index in [1.165, 1.54) is 6.26 Å². The van der Waals surface area contributed by atoms with E-state index in [9.17, 15) is 9.59 Å². The van der Waals surface area contributed by atoms with Crippen LogP contribution in [0, 0.1) is 0 Å². The minimum Gasteiger partial charge on any atom is -0.493 e. The third-order valence-electron chi connectivity index (χ3n) is 5.08. The Balaban J connectivity index is 1.55. The summed E-state index contributed by atoms with van der Waals surface area (Å²) in [6, 6.07) is 8.40. The second-order valence-electron chi connectivity index (χ2n) is 6.71. The smallest absolute Gasteiger partial charge is 0.289 e. The normalized spacial score (nSPS) is 15.8. The van der Waals surface area contributed by atoms with Gasteiger partial charge in [-0.25, -0.2) is 0 Å². The summed E-state index contributed by atoms with van der Waals surface area (Å²) >= 11 is 0. The summed E-state index contributed by atoms with van der Waals surface area (Å²) in [6.45, 7) is 4.47. The van der Waals surface area contributed by atoms with Gasteiger partial charge in [0.1, 0.15) is 0 Å². The van der Waals surface area contributed by atoms with Crippen LogP contribution in [0.25, 0.3) is 0 Å². The molecule has 1 aromatic carbocycles. The Bertz CT molecular complexity index is 813. The number of nitrogens with one attached hydrogen (secondary N) is 2. The van der Waals surface area contributed by atoms with Crippen molar-refractivity contribution in [3.8, 4) is 11.5 Å². The van der Waals surface area contributed by atoms with E-state index in [0.717, 1.165) is 4.90 Å². The number of methoxy groups -OCH3 is 2.